The monoisotopic (exact) mass is 248 g/mol. The van der Waals surface area contributed by atoms with Crippen LogP contribution in [0.3, 0.4) is 0 Å². The van der Waals surface area contributed by atoms with E-state index < -0.39 is 0 Å². The Kier molecular flexibility index (Phi) is 3.07. The Hall–Kier alpha value is -1.36. The van der Waals surface area contributed by atoms with Crippen molar-refractivity contribution in [2.75, 3.05) is 25.0 Å². The molecule has 2 heterocycles. The molecule has 5 heteroatoms. The van der Waals surface area contributed by atoms with Crippen LogP contribution in [0.15, 0.2) is 10.9 Å². The highest BCUT2D eigenvalue weighted by molar-refractivity contribution is 5.38. The van der Waals surface area contributed by atoms with Gasteiger partial charge in [-0.25, -0.2) is 4.98 Å². The number of nitrogens with zero attached hydrogens (tertiary/aromatic N) is 2. The fourth-order valence-electron chi connectivity index (χ4n) is 2.57. The van der Waals surface area contributed by atoms with Gasteiger partial charge in [-0.2, -0.15) is 0 Å². The number of aromatic nitrogens is 2. The first-order chi connectivity index (χ1) is 8.76. The van der Waals surface area contributed by atoms with Crippen LogP contribution in [0.25, 0.3) is 0 Å². The second kappa shape index (κ2) is 4.72. The molecule has 5 nitrogen and oxygen atoms in total. The largest absolute Gasteiger partial charge is 0.356 e. The predicted octanol–water partition coefficient (Wildman–Crippen LogP) is 0.835. The van der Waals surface area contributed by atoms with Gasteiger partial charge in [0.25, 0.3) is 5.56 Å². The van der Waals surface area contributed by atoms with E-state index in [-0.39, 0.29) is 5.56 Å². The molecule has 0 spiro atoms. The number of H-pyrrole nitrogens is 1. The summed E-state index contributed by atoms with van der Waals surface area (Å²) in [5.41, 5.74) is -0.0161. The summed E-state index contributed by atoms with van der Waals surface area (Å²) in [6, 6.07) is 2.23. The Morgan fingerprint density at radius 1 is 1.33 bits per heavy atom. The highest BCUT2D eigenvalue weighted by atomic mass is 16.1. The standard InChI is InChI=1S/C13H20N4O/c1-14-10-4-6-17(7-5-10)11-8-12(18)16-13(15-11)9-2-3-9/h8-10,14H,2-7H2,1H3,(H,15,16,18). The van der Waals surface area contributed by atoms with Crippen LogP contribution in [0.4, 0.5) is 5.82 Å². The maximum absolute atomic E-state index is 11.7. The van der Waals surface area contributed by atoms with Crippen molar-refractivity contribution in [2.24, 2.45) is 0 Å². The van der Waals surface area contributed by atoms with Crippen LogP contribution in [0, 0.1) is 0 Å². The van der Waals surface area contributed by atoms with E-state index in [0.717, 1.165) is 50.4 Å². The number of hydrogen-bond acceptors (Lipinski definition) is 4. The van der Waals surface area contributed by atoms with Gasteiger partial charge >= 0.3 is 0 Å². The number of aromatic amines is 1. The summed E-state index contributed by atoms with van der Waals surface area (Å²) in [6.07, 6.45) is 4.55. The first kappa shape index (κ1) is 11.7. The van der Waals surface area contributed by atoms with Crippen molar-refractivity contribution in [3.63, 3.8) is 0 Å². The van der Waals surface area contributed by atoms with Gasteiger partial charge in [0.05, 0.1) is 0 Å². The van der Waals surface area contributed by atoms with Crippen molar-refractivity contribution < 1.29 is 0 Å². The van der Waals surface area contributed by atoms with Crippen LogP contribution in [-0.2, 0) is 0 Å². The smallest absolute Gasteiger partial charge is 0.252 e. The van der Waals surface area contributed by atoms with E-state index in [9.17, 15) is 4.79 Å². The molecule has 3 rings (SSSR count). The van der Waals surface area contributed by atoms with E-state index in [2.05, 4.69) is 20.2 Å². The third-order valence-electron chi connectivity index (χ3n) is 3.94. The average Bonchev–Trinajstić information content (AvgIpc) is 3.22. The number of hydrogen-bond donors (Lipinski definition) is 2. The minimum absolute atomic E-state index is 0.0161. The zero-order chi connectivity index (χ0) is 12.5. The predicted molar refractivity (Wildman–Crippen MR) is 71.1 cm³/mol. The molecule has 2 N–H and O–H groups in total. The van der Waals surface area contributed by atoms with Crippen LogP contribution >= 0.6 is 0 Å². The van der Waals surface area contributed by atoms with Crippen molar-refractivity contribution in [1.82, 2.24) is 15.3 Å². The maximum atomic E-state index is 11.7. The highest BCUT2D eigenvalue weighted by Gasteiger charge is 2.27. The van der Waals surface area contributed by atoms with Crippen LogP contribution < -0.4 is 15.8 Å². The van der Waals surface area contributed by atoms with E-state index >= 15 is 0 Å². The molecule has 1 aliphatic carbocycles. The highest BCUT2D eigenvalue weighted by Crippen LogP contribution is 2.38. The third kappa shape index (κ3) is 2.41. The number of nitrogens with one attached hydrogen (secondary N) is 2. The number of rotatable bonds is 3. The van der Waals surface area contributed by atoms with Crippen molar-refractivity contribution in [3.05, 3.63) is 22.2 Å². The lowest BCUT2D eigenvalue weighted by atomic mass is 10.1. The molecule has 0 aromatic carbocycles. The first-order valence-electron chi connectivity index (χ1n) is 6.80. The second-order valence-corrected chi connectivity index (χ2v) is 5.31. The molecule has 1 saturated heterocycles. The summed E-state index contributed by atoms with van der Waals surface area (Å²) in [6.45, 7) is 1.96. The third-order valence-corrected chi connectivity index (χ3v) is 3.94. The summed E-state index contributed by atoms with van der Waals surface area (Å²) in [5, 5.41) is 3.31. The molecule has 0 amide bonds. The van der Waals surface area contributed by atoms with Gasteiger partial charge in [0.1, 0.15) is 11.6 Å². The summed E-state index contributed by atoms with van der Waals surface area (Å²) in [5.74, 6) is 2.23. The summed E-state index contributed by atoms with van der Waals surface area (Å²) in [7, 11) is 2.01. The van der Waals surface area contributed by atoms with Crippen molar-refractivity contribution in [2.45, 2.75) is 37.6 Å². The van der Waals surface area contributed by atoms with Crippen LogP contribution in [-0.4, -0.2) is 36.1 Å². The van der Waals surface area contributed by atoms with Crippen molar-refractivity contribution in [1.29, 1.82) is 0 Å². The Morgan fingerprint density at radius 3 is 2.67 bits per heavy atom. The molecular weight excluding hydrogens is 228 g/mol. The minimum atomic E-state index is -0.0161. The Morgan fingerprint density at radius 2 is 2.06 bits per heavy atom. The average molecular weight is 248 g/mol. The molecule has 2 fully saturated rings. The van der Waals surface area contributed by atoms with Gasteiger partial charge in [0, 0.05) is 31.1 Å². The molecule has 1 aromatic rings. The molecule has 0 bridgehead atoms. The van der Waals surface area contributed by atoms with Gasteiger partial charge in [-0.15, -0.1) is 0 Å². The zero-order valence-electron chi connectivity index (χ0n) is 10.8. The van der Waals surface area contributed by atoms with E-state index in [0.29, 0.717) is 12.0 Å². The Balaban J connectivity index is 1.77. The van der Waals surface area contributed by atoms with E-state index in [1.54, 1.807) is 6.07 Å². The van der Waals surface area contributed by atoms with Gasteiger partial charge in [-0.1, -0.05) is 0 Å². The minimum Gasteiger partial charge on any atom is -0.356 e. The molecule has 1 aliphatic heterocycles. The molecule has 0 radical (unpaired) electrons. The summed E-state index contributed by atoms with van der Waals surface area (Å²) >= 11 is 0. The molecule has 0 atom stereocenters. The molecule has 1 saturated carbocycles. The van der Waals surface area contributed by atoms with Gasteiger partial charge in [0.15, 0.2) is 0 Å². The quantitative estimate of drug-likeness (QED) is 0.832. The molecular formula is C13H20N4O. The fourth-order valence-corrected chi connectivity index (χ4v) is 2.57. The molecule has 0 unspecified atom stereocenters. The molecule has 18 heavy (non-hydrogen) atoms. The Bertz CT molecular complexity index is 472. The molecule has 2 aliphatic rings. The number of piperidine rings is 1. The topological polar surface area (TPSA) is 61.0 Å². The lowest BCUT2D eigenvalue weighted by Crippen LogP contribution is -2.42. The first-order valence-corrected chi connectivity index (χ1v) is 6.80. The van der Waals surface area contributed by atoms with Gasteiger partial charge in [-0.3, -0.25) is 4.79 Å². The molecule has 1 aromatic heterocycles. The van der Waals surface area contributed by atoms with Gasteiger partial charge in [-0.05, 0) is 32.7 Å². The normalized spacial score (nSPS) is 21.3. The Labute approximate surface area is 107 Å². The zero-order valence-corrected chi connectivity index (χ0v) is 10.8. The van der Waals surface area contributed by atoms with E-state index in [4.69, 9.17) is 0 Å². The van der Waals surface area contributed by atoms with Crippen LogP contribution in [0.2, 0.25) is 0 Å². The van der Waals surface area contributed by atoms with E-state index in [1.807, 2.05) is 7.05 Å². The van der Waals surface area contributed by atoms with Gasteiger partial charge < -0.3 is 15.2 Å². The fraction of sp³-hybridized carbons (Fsp3) is 0.692. The van der Waals surface area contributed by atoms with Crippen LogP contribution in [0.5, 0.6) is 0 Å². The van der Waals surface area contributed by atoms with Crippen molar-refractivity contribution in [3.8, 4) is 0 Å². The summed E-state index contributed by atoms with van der Waals surface area (Å²) < 4.78 is 0. The lowest BCUT2D eigenvalue weighted by molar-refractivity contribution is 0.440. The van der Waals surface area contributed by atoms with Crippen LogP contribution in [0.1, 0.15) is 37.4 Å². The maximum Gasteiger partial charge on any atom is 0.252 e. The molecule has 98 valence electrons. The number of anilines is 1. The second-order valence-electron chi connectivity index (χ2n) is 5.31. The van der Waals surface area contributed by atoms with E-state index in [1.165, 1.54) is 0 Å². The van der Waals surface area contributed by atoms with Crippen molar-refractivity contribution >= 4 is 5.82 Å². The summed E-state index contributed by atoms with van der Waals surface area (Å²) in [4.78, 5) is 21.4. The van der Waals surface area contributed by atoms with Gasteiger partial charge in [0.2, 0.25) is 0 Å². The lowest BCUT2D eigenvalue weighted by Gasteiger charge is -2.32. The SMILES string of the molecule is CNC1CCN(c2cc(=O)[nH]c(C3CC3)n2)CC1.